The molecule has 2 aliphatic rings. The number of anilines is 1. The summed E-state index contributed by atoms with van der Waals surface area (Å²) in [5, 5.41) is 1.90. The Morgan fingerprint density at radius 1 is 0.853 bits per heavy atom. The van der Waals surface area contributed by atoms with Gasteiger partial charge in [0.2, 0.25) is 5.91 Å². The minimum atomic E-state index is -4.49. The predicted molar refractivity (Wildman–Crippen MR) is 118 cm³/mol. The summed E-state index contributed by atoms with van der Waals surface area (Å²) in [5.41, 5.74) is 0.936. The van der Waals surface area contributed by atoms with Crippen LogP contribution in [0.25, 0.3) is 0 Å². The summed E-state index contributed by atoms with van der Waals surface area (Å²) in [6.07, 6.45) is -5.58. The number of amides is 2. The van der Waals surface area contributed by atoms with E-state index in [-0.39, 0.29) is 6.54 Å². The van der Waals surface area contributed by atoms with Crippen molar-refractivity contribution in [3.63, 3.8) is 0 Å². The summed E-state index contributed by atoms with van der Waals surface area (Å²) >= 11 is 5.99. The van der Waals surface area contributed by atoms with Gasteiger partial charge in [-0.05, 0) is 47.5 Å². The number of carbonyl (C=O) groups is 2. The molecule has 0 N–H and O–H groups in total. The van der Waals surface area contributed by atoms with Gasteiger partial charge in [-0.3, -0.25) is 19.3 Å². The summed E-state index contributed by atoms with van der Waals surface area (Å²) in [6, 6.07) is 19.4. The Kier molecular flexibility index (Phi) is 5.58. The van der Waals surface area contributed by atoms with E-state index in [0.717, 1.165) is 22.6 Å². The highest BCUT2D eigenvalue weighted by Gasteiger charge is 2.59. The lowest BCUT2D eigenvalue weighted by Crippen LogP contribution is -2.37. The first kappa shape index (κ1) is 22.4. The Hall–Kier alpha value is -3.36. The van der Waals surface area contributed by atoms with Crippen LogP contribution in [0.1, 0.15) is 22.7 Å². The van der Waals surface area contributed by atoms with Gasteiger partial charge >= 0.3 is 6.18 Å². The average molecular weight is 487 g/mol. The van der Waals surface area contributed by atoms with Crippen molar-refractivity contribution in [3.05, 3.63) is 101 Å². The van der Waals surface area contributed by atoms with Gasteiger partial charge in [0, 0.05) is 5.02 Å². The van der Waals surface area contributed by atoms with Crippen molar-refractivity contribution in [2.75, 3.05) is 5.06 Å². The first-order chi connectivity index (χ1) is 16.2. The van der Waals surface area contributed by atoms with Gasteiger partial charge in [-0.2, -0.15) is 13.2 Å². The molecule has 0 aliphatic carbocycles. The van der Waals surface area contributed by atoms with Gasteiger partial charge in [0.05, 0.1) is 23.8 Å². The average Bonchev–Trinajstić information content (AvgIpc) is 3.32. The zero-order valence-electron chi connectivity index (χ0n) is 17.6. The summed E-state index contributed by atoms with van der Waals surface area (Å²) < 4.78 is 39.3. The molecule has 3 aromatic rings. The number of imide groups is 1. The molecule has 2 heterocycles. The van der Waals surface area contributed by atoms with E-state index in [1.54, 1.807) is 24.3 Å². The fraction of sp³-hybridized carbons (Fsp3) is 0.200. The molecule has 5 rings (SSSR count). The maximum atomic E-state index is 13.4. The number of alkyl halides is 3. The molecule has 3 atom stereocenters. The number of benzene rings is 3. The lowest BCUT2D eigenvalue weighted by atomic mass is 9.90. The van der Waals surface area contributed by atoms with Crippen LogP contribution in [-0.4, -0.2) is 22.8 Å². The second-order valence-electron chi connectivity index (χ2n) is 8.17. The van der Waals surface area contributed by atoms with Gasteiger partial charge in [-0.25, -0.2) is 5.06 Å². The van der Waals surface area contributed by atoms with E-state index in [1.165, 1.54) is 17.2 Å². The Labute approximate surface area is 198 Å². The predicted octanol–water partition coefficient (Wildman–Crippen LogP) is 5.41. The number of likely N-dealkylation sites (tertiary alicyclic amines) is 1. The van der Waals surface area contributed by atoms with Crippen LogP contribution < -0.4 is 5.06 Å². The summed E-state index contributed by atoms with van der Waals surface area (Å²) in [4.78, 5) is 33.8. The van der Waals surface area contributed by atoms with E-state index in [1.807, 2.05) is 30.3 Å². The molecule has 0 saturated carbocycles. The number of fused-ring (bicyclic) bond motifs is 1. The second kappa shape index (κ2) is 8.45. The van der Waals surface area contributed by atoms with E-state index < -0.39 is 41.6 Å². The molecule has 174 valence electrons. The molecule has 5 nitrogen and oxygen atoms in total. The van der Waals surface area contributed by atoms with Gasteiger partial charge < -0.3 is 0 Å². The largest absolute Gasteiger partial charge is 0.416 e. The lowest BCUT2D eigenvalue weighted by molar-refractivity contribution is -0.144. The fourth-order valence-electron chi connectivity index (χ4n) is 4.41. The number of hydrogen-bond donors (Lipinski definition) is 0. The fourth-order valence-corrected chi connectivity index (χ4v) is 4.54. The van der Waals surface area contributed by atoms with Crippen LogP contribution in [0, 0.1) is 5.92 Å². The Morgan fingerprint density at radius 2 is 1.50 bits per heavy atom. The highest BCUT2D eigenvalue weighted by molar-refractivity contribution is 6.30. The van der Waals surface area contributed by atoms with Crippen molar-refractivity contribution >= 4 is 29.1 Å². The number of nitrogens with zero attached hydrogens (tertiary/aromatic N) is 2. The van der Waals surface area contributed by atoms with Crippen molar-refractivity contribution in [2.24, 2.45) is 5.92 Å². The summed E-state index contributed by atoms with van der Waals surface area (Å²) in [6.45, 7) is 0.0928. The molecule has 0 radical (unpaired) electrons. The minimum absolute atomic E-state index is 0.0928. The lowest BCUT2D eigenvalue weighted by Gasteiger charge is -2.29. The molecule has 34 heavy (non-hydrogen) atoms. The van der Waals surface area contributed by atoms with Gasteiger partial charge in [0.15, 0.2) is 6.10 Å². The zero-order chi connectivity index (χ0) is 24.0. The first-order valence-corrected chi connectivity index (χ1v) is 10.9. The van der Waals surface area contributed by atoms with Crippen LogP contribution in [-0.2, 0) is 27.1 Å². The van der Waals surface area contributed by atoms with Crippen molar-refractivity contribution < 1.29 is 27.6 Å². The first-order valence-electron chi connectivity index (χ1n) is 10.5. The second-order valence-corrected chi connectivity index (χ2v) is 8.60. The van der Waals surface area contributed by atoms with Crippen molar-refractivity contribution in [3.8, 4) is 0 Å². The number of rotatable bonds is 4. The number of carbonyl (C=O) groups excluding carboxylic acids is 2. The molecular formula is C25H18ClF3N2O3. The zero-order valence-corrected chi connectivity index (χ0v) is 18.3. The van der Waals surface area contributed by atoms with E-state index in [0.29, 0.717) is 16.3 Å². The Bertz CT molecular complexity index is 1220. The molecule has 2 amide bonds. The van der Waals surface area contributed by atoms with Crippen LogP contribution in [0.15, 0.2) is 78.9 Å². The molecule has 3 aromatic carbocycles. The monoisotopic (exact) mass is 486 g/mol. The Balaban J connectivity index is 1.52. The molecule has 2 saturated heterocycles. The smallest absolute Gasteiger partial charge is 0.275 e. The summed E-state index contributed by atoms with van der Waals surface area (Å²) in [5.74, 6) is -1.82. The van der Waals surface area contributed by atoms with Crippen molar-refractivity contribution in [1.29, 1.82) is 0 Å². The van der Waals surface area contributed by atoms with E-state index in [9.17, 15) is 22.8 Å². The summed E-state index contributed by atoms with van der Waals surface area (Å²) in [7, 11) is 0. The third kappa shape index (κ3) is 3.93. The van der Waals surface area contributed by atoms with E-state index >= 15 is 0 Å². The topological polar surface area (TPSA) is 49.9 Å². The van der Waals surface area contributed by atoms with E-state index in [2.05, 4.69) is 0 Å². The molecule has 0 bridgehead atoms. The minimum Gasteiger partial charge on any atom is -0.275 e. The third-order valence-corrected chi connectivity index (χ3v) is 6.30. The molecule has 0 aromatic heterocycles. The van der Waals surface area contributed by atoms with Crippen LogP contribution in [0.4, 0.5) is 18.9 Å². The Morgan fingerprint density at radius 3 is 2.12 bits per heavy atom. The molecule has 0 unspecified atom stereocenters. The normalized spacial score (nSPS) is 22.4. The van der Waals surface area contributed by atoms with Crippen LogP contribution in [0.3, 0.4) is 0 Å². The van der Waals surface area contributed by atoms with Gasteiger partial charge in [-0.1, -0.05) is 54.1 Å². The molecular weight excluding hydrogens is 469 g/mol. The maximum absolute atomic E-state index is 13.4. The number of hydrogen-bond acceptors (Lipinski definition) is 4. The standard InChI is InChI=1S/C25H18ClF3N2O3/c26-18-10-12-19(13-11-18)31-21(16-6-8-17(9-7-16)25(27,28)29)20-22(34-31)24(33)30(23(20)32)14-15-4-2-1-3-5-15/h1-13,20-22H,14H2/t20-,21+,22-/m0/s1. The van der Waals surface area contributed by atoms with Crippen LogP contribution in [0.2, 0.25) is 5.02 Å². The SMILES string of the molecule is O=C1[C@@H]2[C@H](ON(c3ccc(Cl)cc3)[C@@H]2c2ccc(C(F)(F)F)cc2)C(=O)N1Cc1ccccc1. The quantitative estimate of drug-likeness (QED) is 0.463. The third-order valence-electron chi connectivity index (χ3n) is 6.05. The highest BCUT2D eigenvalue weighted by atomic mass is 35.5. The van der Waals surface area contributed by atoms with Gasteiger partial charge in [0.1, 0.15) is 5.92 Å². The van der Waals surface area contributed by atoms with Crippen molar-refractivity contribution in [1.82, 2.24) is 4.90 Å². The molecule has 9 heteroatoms. The van der Waals surface area contributed by atoms with Gasteiger partial charge in [-0.15, -0.1) is 0 Å². The molecule has 2 aliphatic heterocycles. The number of hydroxylamine groups is 1. The van der Waals surface area contributed by atoms with Crippen LogP contribution >= 0.6 is 11.6 Å². The maximum Gasteiger partial charge on any atom is 0.416 e. The van der Waals surface area contributed by atoms with E-state index in [4.69, 9.17) is 16.4 Å². The van der Waals surface area contributed by atoms with Gasteiger partial charge in [0.25, 0.3) is 5.91 Å². The number of halogens is 4. The molecule has 2 fully saturated rings. The molecule has 0 spiro atoms. The highest BCUT2D eigenvalue weighted by Crippen LogP contribution is 2.47. The van der Waals surface area contributed by atoms with Crippen LogP contribution in [0.5, 0.6) is 0 Å². The van der Waals surface area contributed by atoms with Crippen molar-refractivity contribution in [2.45, 2.75) is 24.9 Å².